The molecular formula is C11H19N3O2. The Balaban J connectivity index is 1.77. The number of hydrogen-bond donors (Lipinski definition) is 3. The zero-order valence-corrected chi connectivity index (χ0v) is 9.37. The average molecular weight is 225 g/mol. The largest absolute Gasteiger partial charge is 0.352 e. The third kappa shape index (κ3) is 2.72. The molecule has 5 nitrogen and oxygen atoms in total. The second kappa shape index (κ2) is 4.82. The molecule has 2 rings (SSSR count). The summed E-state index contributed by atoms with van der Waals surface area (Å²) >= 11 is 0. The van der Waals surface area contributed by atoms with Gasteiger partial charge in [-0.15, -0.1) is 0 Å². The molecule has 1 atom stereocenters. The maximum absolute atomic E-state index is 11.8. The van der Waals surface area contributed by atoms with Crippen LogP contribution in [0.5, 0.6) is 0 Å². The highest BCUT2D eigenvalue weighted by Crippen LogP contribution is 2.17. The lowest BCUT2D eigenvalue weighted by atomic mass is 9.91. The van der Waals surface area contributed by atoms with Gasteiger partial charge in [-0.1, -0.05) is 0 Å². The summed E-state index contributed by atoms with van der Waals surface area (Å²) in [6.45, 7) is 0. The van der Waals surface area contributed by atoms with Crippen molar-refractivity contribution in [3.05, 3.63) is 0 Å². The first-order valence-electron chi connectivity index (χ1n) is 6.00. The molecule has 4 N–H and O–H groups in total. The van der Waals surface area contributed by atoms with Crippen molar-refractivity contribution in [1.29, 1.82) is 0 Å². The van der Waals surface area contributed by atoms with Gasteiger partial charge in [0.1, 0.15) is 6.04 Å². The lowest BCUT2D eigenvalue weighted by molar-refractivity contribution is -0.126. The predicted octanol–water partition coefficient (Wildman–Crippen LogP) is -0.349. The van der Waals surface area contributed by atoms with Crippen LogP contribution in [0.25, 0.3) is 0 Å². The minimum atomic E-state index is -0.317. The highest BCUT2D eigenvalue weighted by molar-refractivity contribution is 5.90. The van der Waals surface area contributed by atoms with Crippen LogP contribution in [0, 0.1) is 0 Å². The van der Waals surface area contributed by atoms with Gasteiger partial charge in [-0.3, -0.25) is 9.59 Å². The van der Waals surface area contributed by atoms with E-state index in [4.69, 9.17) is 5.73 Å². The molecule has 1 saturated carbocycles. The lowest BCUT2D eigenvalue weighted by Gasteiger charge is -2.27. The van der Waals surface area contributed by atoms with Crippen LogP contribution in [0.2, 0.25) is 0 Å². The van der Waals surface area contributed by atoms with Crippen LogP contribution in [0.1, 0.15) is 38.5 Å². The number of rotatable bonds is 2. The Kier molecular flexibility index (Phi) is 3.43. The van der Waals surface area contributed by atoms with Gasteiger partial charge >= 0.3 is 0 Å². The summed E-state index contributed by atoms with van der Waals surface area (Å²) in [6, 6.07) is 0.215. The van der Waals surface area contributed by atoms with Crippen LogP contribution in [0.3, 0.4) is 0 Å². The number of amides is 2. The third-order valence-electron chi connectivity index (χ3n) is 3.43. The number of hydrogen-bond acceptors (Lipinski definition) is 3. The van der Waals surface area contributed by atoms with Crippen LogP contribution in [-0.2, 0) is 9.59 Å². The fourth-order valence-corrected chi connectivity index (χ4v) is 2.38. The van der Waals surface area contributed by atoms with Crippen molar-refractivity contribution < 1.29 is 9.59 Å². The summed E-state index contributed by atoms with van der Waals surface area (Å²) < 4.78 is 0. The molecule has 0 bridgehead atoms. The van der Waals surface area contributed by atoms with Gasteiger partial charge in [0.25, 0.3) is 0 Å². The van der Waals surface area contributed by atoms with Crippen LogP contribution in [-0.4, -0.2) is 29.9 Å². The number of nitrogens with one attached hydrogen (secondary N) is 2. The molecule has 1 aliphatic heterocycles. The molecule has 5 heteroatoms. The topological polar surface area (TPSA) is 84.2 Å². The highest BCUT2D eigenvalue weighted by atomic mass is 16.2. The molecule has 1 aliphatic carbocycles. The molecule has 16 heavy (non-hydrogen) atoms. The normalized spacial score (nSPS) is 34.6. The van der Waals surface area contributed by atoms with E-state index in [0.717, 1.165) is 25.7 Å². The van der Waals surface area contributed by atoms with Gasteiger partial charge in [0.15, 0.2) is 0 Å². The second-order valence-electron chi connectivity index (χ2n) is 4.78. The monoisotopic (exact) mass is 225 g/mol. The molecule has 0 aromatic heterocycles. The Morgan fingerprint density at radius 1 is 1.25 bits per heavy atom. The van der Waals surface area contributed by atoms with E-state index in [1.807, 2.05) is 0 Å². The Bertz CT molecular complexity index is 285. The van der Waals surface area contributed by atoms with E-state index in [9.17, 15) is 9.59 Å². The minimum absolute atomic E-state index is 0.0224. The van der Waals surface area contributed by atoms with Crippen LogP contribution < -0.4 is 16.4 Å². The number of carbonyl (C=O) groups excluding carboxylic acids is 2. The van der Waals surface area contributed by atoms with E-state index in [1.165, 1.54) is 0 Å². The molecule has 2 amide bonds. The van der Waals surface area contributed by atoms with Gasteiger partial charge in [0.05, 0.1) is 0 Å². The molecule has 1 saturated heterocycles. The van der Waals surface area contributed by atoms with E-state index in [1.54, 1.807) is 0 Å². The predicted molar refractivity (Wildman–Crippen MR) is 59.5 cm³/mol. The molecular weight excluding hydrogens is 206 g/mol. The van der Waals surface area contributed by atoms with Crippen molar-refractivity contribution in [2.45, 2.75) is 56.7 Å². The van der Waals surface area contributed by atoms with Gasteiger partial charge in [-0.05, 0) is 32.1 Å². The Morgan fingerprint density at radius 2 is 1.94 bits per heavy atom. The van der Waals surface area contributed by atoms with Crippen molar-refractivity contribution >= 4 is 11.8 Å². The van der Waals surface area contributed by atoms with Gasteiger partial charge < -0.3 is 16.4 Å². The summed E-state index contributed by atoms with van der Waals surface area (Å²) in [5, 5.41) is 5.67. The molecule has 1 heterocycles. The van der Waals surface area contributed by atoms with E-state index in [2.05, 4.69) is 10.6 Å². The molecule has 1 unspecified atom stereocenters. The van der Waals surface area contributed by atoms with E-state index < -0.39 is 0 Å². The van der Waals surface area contributed by atoms with Crippen molar-refractivity contribution in [1.82, 2.24) is 10.6 Å². The summed E-state index contributed by atoms with van der Waals surface area (Å²) in [6.07, 6.45) is 4.94. The minimum Gasteiger partial charge on any atom is -0.352 e. The van der Waals surface area contributed by atoms with Crippen LogP contribution in [0.15, 0.2) is 0 Å². The molecule has 2 aliphatic rings. The highest BCUT2D eigenvalue weighted by Gasteiger charge is 2.29. The van der Waals surface area contributed by atoms with E-state index in [0.29, 0.717) is 18.9 Å². The molecule has 2 fully saturated rings. The first-order chi connectivity index (χ1) is 7.65. The fourth-order valence-electron chi connectivity index (χ4n) is 2.38. The van der Waals surface area contributed by atoms with Crippen molar-refractivity contribution in [3.63, 3.8) is 0 Å². The summed E-state index contributed by atoms with van der Waals surface area (Å²) in [5.74, 6) is -0.0582. The second-order valence-corrected chi connectivity index (χ2v) is 4.78. The van der Waals surface area contributed by atoms with Gasteiger partial charge in [-0.2, -0.15) is 0 Å². The number of carbonyl (C=O) groups is 2. The zero-order chi connectivity index (χ0) is 11.5. The van der Waals surface area contributed by atoms with Crippen molar-refractivity contribution in [2.24, 2.45) is 5.73 Å². The average Bonchev–Trinajstić information content (AvgIpc) is 2.68. The molecule has 0 radical (unpaired) electrons. The first-order valence-corrected chi connectivity index (χ1v) is 6.00. The third-order valence-corrected chi connectivity index (χ3v) is 3.43. The maximum atomic E-state index is 11.8. The first kappa shape index (κ1) is 11.4. The standard InChI is InChI=1S/C11H19N3O2/c12-7-1-3-8(4-2-7)13-11(16)9-5-6-10(15)14-9/h7-9H,1-6,12H2,(H,13,16)(H,14,15). The quantitative estimate of drug-likeness (QED) is 0.600. The van der Waals surface area contributed by atoms with Crippen LogP contribution in [0.4, 0.5) is 0 Å². The molecule has 0 spiro atoms. The van der Waals surface area contributed by atoms with Crippen molar-refractivity contribution in [3.8, 4) is 0 Å². The molecule has 0 aromatic carbocycles. The van der Waals surface area contributed by atoms with Gasteiger partial charge in [0.2, 0.25) is 11.8 Å². The Labute approximate surface area is 95.1 Å². The van der Waals surface area contributed by atoms with E-state index >= 15 is 0 Å². The smallest absolute Gasteiger partial charge is 0.242 e. The summed E-state index contributed by atoms with van der Waals surface area (Å²) in [7, 11) is 0. The maximum Gasteiger partial charge on any atom is 0.242 e. The Morgan fingerprint density at radius 3 is 2.50 bits per heavy atom. The number of nitrogens with two attached hydrogens (primary N) is 1. The van der Waals surface area contributed by atoms with Gasteiger partial charge in [0, 0.05) is 18.5 Å². The fraction of sp³-hybridized carbons (Fsp3) is 0.818. The van der Waals surface area contributed by atoms with E-state index in [-0.39, 0.29) is 23.9 Å². The SMILES string of the molecule is NC1CCC(NC(=O)C2CCC(=O)N2)CC1. The zero-order valence-electron chi connectivity index (χ0n) is 9.37. The van der Waals surface area contributed by atoms with Crippen molar-refractivity contribution in [2.75, 3.05) is 0 Å². The summed E-state index contributed by atoms with van der Waals surface area (Å²) in [5.41, 5.74) is 5.80. The van der Waals surface area contributed by atoms with Gasteiger partial charge in [-0.25, -0.2) is 0 Å². The Hall–Kier alpha value is -1.10. The molecule has 0 aromatic rings. The van der Waals surface area contributed by atoms with Crippen LogP contribution >= 0.6 is 0 Å². The molecule has 90 valence electrons. The summed E-state index contributed by atoms with van der Waals surface area (Å²) in [4.78, 5) is 22.8. The lowest BCUT2D eigenvalue weighted by Crippen LogP contribution is -2.47.